The van der Waals surface area contributed by atoms with Crippen LogP contribution in [0.25, 0.3) is 27.6 Å². The normalized spacial score (nSPS) is 13.8. The molecule has 0 unspecified atom stereocenters. The van der Waals surface area contributed by atoms with Crippen LogP contribution in [0.1, 0.15) is 123 Å². The molecule has 0 amide bonds. The van der Waals surface area contributed by atoms with Gasteiger partial charge in [-0.2, -0.15) is 6.07 Å². The number of para-hydroxylation sites is 1. The van der Waals surface area contributed by atoms with Crippen molar-refractivity contribution in [2.75, 3.05) is 9.80 Å². The van der Waals surface area contributed by atoms with Gasteiger partial charge in [0, 0.05) is 71.9 Å². The van der Waals surface area contributed by atoms with Crippen LogP contribution in [-0.4, -0.2) is 9.55 Å². The maximum absolute atomic E-state index is 6.86. The number of ether oxygens (including phenoxy) is 1. The van der Waals surface area contributed by atoms with Gasteiger partial charge >= 0.3 is 0 Å². The number of allylic oxidation sites excluding steroid dienone is 1. The minimum atomic E-state index is -0.258. The Morgan fingerprint density at radius 2 is 1.09 bits per heavy atom. The summed E-state index contributed by atoms with van der Waals surface area (Å²) in [6.45, 7) is 31.9. The fourth-order valence-corrected chi connectivity index (χ4v) is 9.27. The molecule has 0 N–H and O–H groups in total. The van der Waals surface area contributed by atoms with Gasteiger partial charge in [-0.25, -0.2) is 4.98 Å². The van der Waals surface area contributed by atoms with E-state index in [-0.39, 0.29) is 48.1 Å². The zero-order valence-electron chi connectivity index (χ0n) is 42.0. The summed E-state index contributed by atoms with van der Waals surface area (Å²) in [5, 5.41) is 2.24. The molecule has 0 radical (unpaired) electrons. The molecule has 0 saturated carbocycles. The van der Waals surface area contributed by atoms with Crippen LogP contribution in [-0.2, 0) is 42.7 Å². The number of hydrogen-bond acceptors (Lipinski definition) is 4. The molecule has 0 atom stereocenters. The molecule has 8 aromatic rings. The second-order valence-electron chi connectivity index (χ2n) is 22.5. The predicted octanol–water partition coefficient (Wildman–Crippen LogP) is 16.1. The van der Waals surface area contributed by atoms with Gasteiger partial charge in [0.2, 0.25) is 0 Å². The number of rotatable bonds is 9. The Kier molecular flexibility index (Phi) is 12.8. The SMILES string of the molecule is CC(C)(C)C1=CN(c2[c-]c(Oc3[c-]c4c(cc3)c3ccccc3n4-c3cc(C(C)(C)C)ccn3)cc(C(C)(C)C)c2)[CH-]N1c1cc(C(C)(C)c2ccccc2)cc(C(C)(C)c2ccccc2)c1.[Pt]. The van der Waals surface area contributed by atoms with E-state index in [1.54, 1.807) is 0 Å². The molecule has 5 nitrogen and oxygen atoms in total. The molecule has 2 aromatic heterocycles. The fraction of sp³-hybridized carbons (Fsp3) is 0.290. The van der Waals surface area contributed by atoms with Crippen LogP contribution < -0.4 is 14.5 Å². The number of benzene rings is 6. The van der Waals surface area contributed by atoms with Crippen molar-refractivity contribution < 1.29 is 25.8 Å². The summed E-state index contributed by atoms with van der Waals surface area (Å²) in [7, 11) is 0. The van der Waals surface area contributed by atoms with Crippen LogP contribution in [0.2, 0.25) is 0 Å². The largest absolute Gasteiger partial charge is 0.509 e. The second kappa shape index (κ2) is 17.9. The number of pyridine rings is 1. The molecule has 1 aliphatic heterocycles. The molecular weight excluding hydrogens is 1010 g/mol. The molecule has 68 heavy (non-hydrogen) atoms. The van der Waals surface area contributed by atoms with Gasteiger partial charge in [-0.05, 0) is 80.6 Å². The quantitative estimate of drug-likeness (QED) is 0.135. The van der Waals surface area contributed by atoms with Crippen molar-refractivity contribution in [1.82, 2.24) is 9.55 Å². The van der Waals surface area contributed by atoms with E-state index in [2.05, 4.69) is 263 Å². The molecule has 0 bridgehead atoms. The Balaban J connectivity index is 0.00000625. The third-order valence-corrected chi connectivity index (χ3v) is 13.8. The molecule has 1 aliphatic rings. The maximum Gasteiger partial charge on any atom is 0.135 e. The minimum absolute atomic E-state index is 0. The molecule has 3 heterocycles. The monoisotopic (exact) mass is 1080 g/mol. The first-order chi connectivity index (χ1) is 31.6. The molecule has 0 spiro atoms. The van der Waals surface area contributed by atoms with E-state index in [1.165, 1.54) is 33.5 Å². The molecule has 0 saturated heterocycles. The standard InChI is InChI=1S/C62H65N4O.Pt/c1-58(2,3)44-30-31-63-57(37-44)66-54-27-21-20-26-52(54)53-29-28-50(39-55(53)66)67-51-36-45(59(4,5)6)33-48(38-51)64-40-56(60(7,8)9)65(41-64)49-34-46(61(10,11)42-22-16-14-17-23-42)32-47(35-49)62(12,13)43-24-18-15-19-25-43;/h14-37,40-41H,1-13H3;/q-3;. The maximum atomic E-state index is 6.86. The van der Waals surface area contributed by atoms with Crippen LogP contribution in [0.4, 0.5) is 11.4 Å². The average molecular weight is 1080 g/mol. The number of fused-ring (bicyclic) bond motifs is 3. The summed E-state index contributed by atoms with van der Waals surface area (Å²) in [6.07, 6.45) is 4.18. The van der Waals surface area contributed by atoms with Gasteiger partial charge in [0.15, 0.2) is 0 Å². The summed E-state index contributed by atoms with van der Waals surface area (Å²) in [5.74, 6) is 2.10. The van der Waals surface area contributed by atoms with Crippen LogP contribution in [0.3, 0.4) is 0 Å². The van der Waals surface area contributed by atoms with Crippen LogP contribution in [0.5, 0.6) is 11.5 Å². The first-order valence-electron chi connectivity index (χ1n) is 23.7. The van der Waals surface area contributed by atoms with Gasteiger partial charge in [0.1, 0.15) is 5.82 Å². The zero-order valence-corrected chi connectivity index (χ0v) is 44.3. The summed E-state index contributed by atoms with van der Waals surface area (Å²) >= 11 is 0. The van der Waals surface area contributed by atoms with Crippen molar-refractivity contribution in [2.24, 2.45) is 5.41 Å². The minimum Gasteiger partial charge on any atom is -0.509 e. The summed E-state index contributed by atoms with van der Waals surface area (Å²) < 4.78 is 9.07. The van der Waals surface area contributed by atoms with Crippen LogP contribution >= 0.6 is 0 Å². The van der Waals surface area contributed by atoms with Crippen molar-refractivity contribution in [3.63, 3.8) is 0 Å². The molecule has 0 fully saturated rings. The van der Waals surface area contributed by atoms with Crippen molar-refractivity contribution in [2.45, 2.75) is 112 Å². The van der Waals surface area contributed by atoms with E-state index < -0.39 is 0 Å². The third-order valence-electron chi connectivity index (χ3n) is 13.8. The molecule has 9 rings (SSSR count). The first kappa shape index (κ1) is 48.6. The number of aromatic nitrogens is 2. The fourth-order valence-electron chi connectivity index (χ4n) is 9.27. The second-order valence-corrected chi connectivity index (χ2v) is 22.5. The number of anilines is 2. The number of nitrogens with zero attached hydrogens (tertiary/aromatic N) is 4. The Bertz CT molecular complexity index is 3070. The van der Waals surface area contributed by atoms with E-state index in [4.69, 9.17) is 9.72 Å². The Labute approximate surface area is 420 Å². The molecule has 352 valence electrons. The van der Waals surface area contributed by atoms with Gasteiger partial charge < -0.3 is 19.1 Å². The summed E-state index contributed by atoms with van der Waals surface area (Å²) in [5.41, 5.74) is 11.7. The van der Waals surface area contributed by atoms with Gasteiger partial charge in [0.25, 0.3) is 0 Å². The van der Waals surface area contributed by atoms with Gasteiger partial charge in [-0.15, -0.1) is 53.6 Å². The van der Waals surface area contributed by atoms with E-state index in [0.717, 1.165) is 44.6 Å². The Hall–Kier alpha value is -5.90. The summed E-state index contributed by atoms with van der Waals surface area (Å²) in [4.78, 5) is 9.50. The van der Waals surface area contributed by atoms with Gasteiger partial charge in [0.05, 0.1) is 0 Å². The Morgan fingerprint density at radius 1 is 0.500 bits per heavy atom. The van der Waals surface area contributed by atoms with Crippen molar-refractivity contribution >= 4 is 33.2 Å². The smallest absolute Gasteiger partial charge is 0.135 e. The third kappa shape index (κ3) is 9.32. The van der Waals surface area contributed by atoms with Crippen molar-refractivity contribution in [3.05, 3.63) is 210 Å². The zero-order chi connectivity index (χ0) is 47.7. The van der Waals surface area contributed by atoms with Crippen molar-refractivity contribution in [3.8, 4) is 17.3 Å². The first-order valence-corrected chi connectivity index (χ1v) is 23.7. The molecule has 6 aromatic carbocycles. The van der Waals surface area contributed by atoms with E-state index in [9.17, 15) is 0 Å². The van der Waals surface area contributed by atoms with E-state index in [1.807, 2.05) is 12.3 Å². The van der Waals surface area contributed by atoms with E-state index in [0.29, 0.717) is 11.5 Å². The molecule has 6 heteroatoms. The summed E-state index contributed by atoms with van der Waals surface area (Å²) in [6, 6.07) is 57.7. The Morgan fingerprint density at radius 3 is 1.68 bits per heavy atom. The van der Waals surface area contributed by atoms with E-state index >= 15 is 0 Å². The predicted molar refractivity (Wildman–Crippen MR) is 281 cm³/mol. The van der Waals surface area contributed by atoms with Crippen LogP contribution in [0.15, 0.2) is 158 Å². The molecular formula is C62H65N4OPt-3. The molecule has 0 aliphatic carbocycles. The van der Waals surface area contributed by atoms with Gasteiger partial charge in [-0.1, -0.05) is 180 Å². The van der Waals surface area contributed by atoms with Gasteiger partial charge in [-0.3, -0.25) is 0 Å². The van der Waals surface area contributed by atoms with Crippen molar-refractivity contribution in [1.29, 1.82) is 0 Å². The number of hydrogen-bond donors (Lipinski definition) is 0. The van der Waals surface area contributed by atoms with Crippen LogP contribution in [0, 0.1) is 24.2 Å². The topological polar surface area (TPSA) is 33.5 Å². The average Bonchev–Trinajstić information content (AvgIpc) is 3.90.